The van der Waals surface area contributed by atoms with Crippen LogP contribution in [0.4, 0.5) is 0 Å². The minimum absolute atomic E-state index is 0.430. The molecule has 0 N–H and O–H groups in total. The number of nitrogens with zero attached hydrogens (tertiary/aromatic N) is 1. The SMILES string of the molecule is CC(=O)O[C@H](c1cccs1)C(C)(C)[N+](=O)[O-]. The van der Waals surface area contributed by atoms with Crippen LogP contribution in [0, 0.1) is 10.1 Å². The van der Waals surface area contributed by atoms with E-state index in [0.717, 1.165) is 0 Å². The number of esters is 1. The molecule has 88 valence electrons. The number of ether oxygens (including phenoxy) is 1. The fourth-order valence-electron chi connectivity index (χ4n) is 1.25. The van der Waals surface area contributed by atoms with Gasteiger partial charge in [-0.2, -0.15) is 0 Å². The number of hydrogen-bond donors (Lipinski definition) is 0. The minimum atomic E-state index is -1.34. The fraction of sp³-hybridized carbons (Fsp3) is 0.500. The van der Waals surface area contributed by atoms with E-state index >= 15 is 0 Å². The van der Waals surface area contributed by atoms with E-state index in [0.29, 0.717) is 4.88 Å². The number of nitro groups is 1. The summed E-state index contributed by atoms with van der Waals surface area (Å²) >= 11 is 1.34. The van der Waals surface area contributed by atoms with Crippen molar-refractivity contribution in [1.29, 1.82) is 0 Å². The monoisotopic (exact) mass is 243 g/mol. The molecule has 0 fully saturated rings. The van der Waals surface area contributed by atoms with Crippen molar-refractivity contribution in [2.45, 2.75) is 32.4 Å². The predicted octanol–water partition coefficient (Wildman–Crippen LogP) is 2.41. The van der Waals surface area contributed by atoms with Gasteiger partial charge in [0.2, 0.25) is 6.10 Å². The molecule has 0 saturated carbocycles. The number of hydrogen-bond acceptors (Lipinski definition) is 5. The van der Waals surface area contributed by atoms with Crippen LogP contribution in [-0.2, 0) is 9.53 Å². The van der Waals surface area contributed by atoms with Gasteiger partial charge in [-0.25, -0.2) is 0 Å². The molecule has 0 bridgehead atoms. The Morgan fingerprint density at radius 1 is 1.62 bits per heavy atom. The number of carbonyl (C=O) groups excluding carboxylic acids is 1. The molecular weight excluding hydrogens is 230 g/mol. The molecular formula is C10H13NO4S. The molecule has 0 unspecified atom stereocenters. The summed E-state index contributed by atoms with van der Waals surface area (Å²) in [6.45, 7) is 4.14. The molecule has 0 aromatic carbocycles. The van der Waals surface area contributed by atoms with Crippen molar-refractivity contribution in [2.24, 2.45) is 0 Å². The first-order valence-corrected chi connectivity index (χ1v) is 5.58. The highest BCUT2D eigenvalue weighted by molar-refractivity contribution is 7.10. The van der Waals surface area contributed by atoms with Crippen molar-refractivity contribution in [1.82, 2.24) is 0 Å². The molecule has 5 nitrogen and oxygen atoms in total. The molecule has 1 aromatic rings. The van der Waals surface area contributed by atoms with Crippen molar-refractivity contribution >= 4 is 17.3 Å². The lowest BCUT2D eigenvalue weighted by Crippen LogP contribution is -2.39. The number of thiophene rings is 1. The first-order valence-electron chi connectivity index (χ1n) is 4.71. The molecule has 0 aliphatic carbocycles. The lowest BCUT2D eigenvalue weighted by Gasteiger charge is -2.25. The van der Waals surface area contributed by atoms with Crippen LogP contribution in [0.1, 0.15) is 31.8 Å². The zero-order valence-electron chi connectivity index (χ0n) is 9.30. The van der Waals surface area contributed by atoms with Gasteiger partial charge in [-0.3, -0.25) is 14.9 Å². The zero-order valence-corrected chi connectivity index (χ0v) is 10.1. The highest BCUT2D eigenvalue weighted by atomic mass is 32.1. The fourth-order valence-corrected chi connectivity index (χ4v) is 2.18. The Morgan fingerprint density at radius 2 is 2.25 bits per heavy atom. The standard InChI is InChI=1S/C10H13NO4S/c1-7(12)15-9(8-5-4-6-16-8)10(2,3)11(13)14/h4-6,9H,1-3H3/t9-/m1/s1. The average molecular weight is 243 g/mol. The van der Waals surface area contributed by atoms with E-state index < -0.39 is 22.5 Å². The van der Waals surface area contributed by atoms with E-state index in [4.69, 9.17) is 4.74 Å². The quantitative estimate of drug-likeness (QED) is 0.462. The van der Waals surface area contributed by atoms with E-state index in [-0.39, 0.29) is 0 Å². The van der Waals surface area contributed by atoms with Crippen LogP contribution >= 0.6 is 11.3 Å². The summed E-state index contributed by atoms with van der Waals surface area (Å²) in [6.07, 6.45) is -0.847. The summed E-state index contributed by atoms with van der Waals surface area (Å²) in [6, 6.07) is 3.50. The highest BCUT2D eigenvalue weighted by Gasteiger charge is 2.45. The lowest BCUT2D eigenvalue weighted by molar-refractivity contribution is -0.574. The van der Waals surface area contributed by atoms with Crippen molar-refractivity contribution in [3.05, 3.63) is 32.5 Å². The van der Waals surface area contributed by atoms with E-state index in [1.54, 1.807) is 17.5 Å². The molecule has 1 aromatic heterocycles. The maximum Gasteiger partial charge on any atom is 0.303 e. The molecule has 0 spiro atoms. The summed E-state index contributed by atoms with van der Waals surface area (Å²) in [5.74, 6) is -0.520. The van der Waals surface area contributed by atoms with Gasteiger partial charge < -0.3 is 4.74 Å². The van der Waals surface area contributed by atoms with Crippen LogP contribution in [0.3, 0.4) is 0 Å². The van der Waals surface area contributed by atoms with E-state index in [2.05, 4.69) is 0 Å². The molecule has 0 aliphatic heterocycles. The van der Waals surface area contributed by atoms with Crippen LogP contribution < -0.4 is 0 Å². The summed E-state index contributed by atoms with van der Waals surface area (Å²) in [5, 5.41) is 12.8. The zero-order chi connectivity index (χ0) is 12.3. The van der Waals surface area contributed by atoms with Crippen molar-refractivity contribution in [3.63, 3.8) is 0 Å². The third-order valence-electron chi connectivity index (χ3n) is 2.20. The second kappa shape index (κ2) is 4.61. The summed E-state index contributed by atoms with van der Waals surface area (Å²) in [5.41, 5.74) is -1.34. The average Bonchev–Trinajstić information content (AvgIpc) is 2.65. The van der Waals surface area contributed by atoms with Gasteiger partial charge in [0.05, 0.1) is 4.88 Å². The first-order chi connectivity index (χ1) is 7.35. The van der Waals surface area contributed by atoms with Gasteiger partial charge in [-0.15, -0.1) is 11.3 Å². The highest BCUT2D eigenvalue weighted by Crippen LogP contribution is 2.34. The van der Waals surface area contributed by atoms with Crippen LogP contribution in [0.2, 0.25) is 0 Å². The van der Waals surface area contributed by atoms with Gasteiger partial charge in [0.15, 0.2) is 0 Å². The molecule has 16 heavy (non-hydrogen) atoms. The largest absolute Gasteiger partial charge is 0.449 e. The van der Waals surface area contributed by atoms with Gasteiger partial charge in [-0.05, 0) is 11.4 Å². The summed E-state index contributed by atoms with van der Waals surface area (Å²) < 4.78 is 5.05. The van der Waals surface area contributed by atoms with Gasteiger partial charge in [-0.1, -0.05) is 6.07 Å². The summed E-state index contributed by atoms with van der Waals surface area (Å²) in [7, 11) is 0. The normalized spacial score (nSPS) is 13.2. The Morgan fingerprint density at radius 3 is 2.62 bits per heavy atom. The van der Waals surface area contributed by atoms with Crippen molar-refractivity contribution in [2.75, 3.05) is 0 Å². The smallest absolute Gasteiger partial charge is 0.303 e. The molecule has 0 aliphatic rings. The third kappa shape index (κ3) is 2.57. The number of carbonyl (C=O) groups is 1. The molecule has 1 atom stereocenters. The second-order valence-electron chi connectivity index (χ2n) is 3.92. The number of rotatable bonds is 4. The van der Waals surface area contributed by atoms with Gasteiger partial charge in [0, 0.05) is 25.7 Å². The summed E-state index contributed by atoms with van der Waals surface area (Å²) in [4.78, 5) is 22.2. The Kier molecular flexibility index (Phi) is 3.64. The van der Waals surface area contributed by atoms with Crippen LogP contribution in [0.15, 0.2) is 17.5 Å². The molecule has 6 heteroatoms. The Balaban J connectivity index is 3.06. The molecule has 1 heterocycles. The van der Waals surface area contributed by atoms with Crippen LogP contribution in [-0.4, -0.2) is 16.4 Å². The molecule has 0 saturated heterocycles. The second-order valence-corrected chi connectivity index (χ2v) is 4.89. The van der Waals surface area contributed by atoms with Gasteiger partial charge in [0.1, 0.15) is 0 Å². The maximum absolute atomic E-state index is 11.0. The van der Waals surface area contributed by atoms with E-state index in [1.807, 2.05) is 0 Å². The van der Waals surface area contributed by atoms with E-state index in [9.17, 15) is 14.9 Å². The van der Waals surface area contributed by atoms with Crippen LogP contribution in [0.25, 0.3) is 0 Å². The molecule has 1 rings (SSSR count). The predicted molar refractivity (Wildman–Crippen MR) is 59.9 cm³/mol. The van der Waals surface area contributed by atoms with Crippen molar-refractivity contribution in [3.8, 4) is 0 Å². The maximum atomic E-state index is 11.0. The van der Waals surface area contributed by atoms with Gasteiger partial charge in [0.25, 0.3) is 5.54 Å². The van der Waals surface area contributed by atoms with Crippen LogP contribution in [0.5, 0.6) is 0 Å². The molecule has 0 amide bonds. The third-order valence-corrected chi connectivity index (χ3v) is 3.11. The van der Waals surface area contributed by atoms with Crippen molar-refractivity contribution < 1.29 is 14.5 Å². The van der Waals surface area contributed by atoms with Gasteiger partial charge >= 0.3 is 5.97 Å². The Labute approximate surface area is 97.2 Å². The Hall–Kier alpha value is -1.43. The lowest BCUT2D eigenvalue weighted by atomic mass is 9.97. The first kappa shape index (κ1) is 12.6. The minimum Gasteiger partial charge on any atom is -0.449 e. The molecule has 0 radical (unpaired) electrons. The van der Waals surface area contributed by atoms with E-state index in [1.165, 1.54) is 32.1 Å². The topological polar surface area (TPSA) is 69.4 Å². The Bertz CT molecular complexity index is 386.